The van der Waals surface area contributed by atoms with Crippen molar-refractivity contribution >= 4 is 5.82 Å². The van der Waals surface area contributed by atoms with Crippen LogP contribution in [0.2, 0.25) is 0 Å². The molecule has 92 valence electrons. The Bertz CT molecular complexity index is 539. The molecule has 0 spiro atoms. The van der Waals surface area contributed by atoms with E-state index in [4.69, 9.17) is 5.26 Å². The standard InChI is InChI=1S/C13H15N5/c1-11-4-5-12(10-14)13(17-11)15-6-2-8-18-9-3-7-16-18/h3-5,7,9H,2,6,8H2,1H3,(H,15,17). The highest BCUT2D eigenvalue weighted by molar-refractivity contribution is 5.52. The fourth-order valence-electron chi connectivity index (χ4n) is 1.66. The summed E-state index contributed by atoms with van der Waals surface area (Å²) in [6.07, 6.45) is 4.64. The lowest BCUT2D eigenvalue weighted by Gasteiger charge is -2.08. The Morgan fingerprint density at radius 1 is 1.44 bits per heavy atom. The molecule has 0 amide bonds. The quantitative estimate of drug-likeness (QED) is 0.813. The van der Waals surface area contributed by atoms with Gasteiger partial charge in [-0.25, -0.2) is 4.98 Å². The Labute approximate surface area is 106 Å². The Kier molecular flexibility index (Phi) is 3.92. The topological polar surface area (TPSA) is 66.5 Å². The van der Waals surface area contributed by atoms with Crippen molar-refractivity contribution in [3.63, 3.8) is 0 Å². The molecule has 18 heavy (non-hydrogen) atoms. The lowest BCUT2D eigenvalue weighted by Crippen LogP contribution is -2.09. The number of anilines is 1. The molecule has 0 unspecified atom stereocenters. The second-order valence-corrected chi connectivity index (χ2v) is 4.01. The summed E-state index contributed by atoms with van der Waals surface area (Å²) < 4.78 is 1.89. The average Bonchev–Trinajstić information content (AvgIpc) is 2.88. The molecule has 0 aliphatic heterocycles. The average molecular weight is 241 g/mol. The summed E-state index contributed by atoms with van der Waals surface area (Å²) in [4.78, 5) is 4.32. The summed E-state index contributed by atoms with van der Waals surface area (Å²) in [6, 6.07) is 7.67. The fraction of sp³-hybridized carbons (Fsp3) is 0.308. The predicted octanol–water partition coefficient (Wildman–Crippen LogP) is 1.96. The summed E-state index contributed by atoms with van der Waals surface area (Å²) >= 11 is 0. The number of aromatic nitrogens is 3. The number of aryl methyl sites for hydroxylation is 2. The summed E-state index contributed by atoms with van der Waals surface area (Å²) in [7, 11) is 0. The zero-order valence-electron chi connectivity index (χ0n) is 10.3. The van der Waals surface area contributed by atoms with Gasteiger partial charge < -0.3 is 5.32 Å². The van der Waals surface area contributed by atoms with Crippen LogP contribution in [0.4, 0.5) is 5.82 Å². The molecule has 2 rings (SSSR count). The first-order chi connectivity index (χ1) is 8.79. The van der Waals surface area contributed by atoms with Gasteiger partial charge in [-0.05, 0) is 31.5 Å². The van der Waals surface area contributed by atoms with Crippen LogP contribution in [-0.2, 0) is 6.54 Å². The van der Waals surface area contributed by atoms with Crippen molar-refractivity contribution in [1.82, 2.24) is 14.8 Å². The van der Waals surface area contributed by atoms with Gasteiger partial charge in [0.15, 0.2) is 0 Å². The first-order valence-electron chi connectivity index (χ1n) is 5.88. The molecule has 0 bridgehead atoms. The molecule has 0 aliphatic rings. The van der Waals surface area contributed by atoms with E-state index in [2.05, 4.69) is 21.5 Å². The van der Waals surface area contributed by atoms with Crippen molar-refractivity contribution in [1.29, 1.82) is 5.26 Å². The third kappa shape index (κ3) is 3.08. The van der Waals surface area contributed by atoms with Crippen LogP contribution in [0.15, 0.2) is 30.6 Å². The van der Waals surface area contributed by atoms with Crippen LogP contribution in [0, 0.1) is 18.3 Å². The molecular weight excluding hydrogens is 226 g/mol. The highest BCUT2D eigenvalue weighted by atomic mass is 15.3. The Morgan fingerprint density at radius 2 is 2.33 bits per heavy atom. The van der Waals surface area contributed by atoms with Gasteiger partial charge in [0.05, 0.1) is 5.56 Å². The normalized spacial score (nSPS) is 10.0. The molecular formula is C13H15N5. The minimum absolute atomic E-state index is 0.583. The number of pyridine rings is 1. The third-order valence-electron chi connectivity index (χ3n) is 2.57. The molecule has 2 aromatic heterocycles. The van der Waals surface area contributed by atoms with Gasteiger partial charge in [-0.15, -0.1) is 0 Å². The maximum atomic E-state index is 8.97. The van der Waals surface area contributed by atoms with Crippen LogP contribution in [0.5, 0.6) is 0 Å². The maximum absolute atomic E-state index is 8.97. The van der Waals surface area contributed by atoms with Gasteiger partial charge in [-0.1, -0.05) is 0 Å². The van der Waals surface area contributed by atoms with Gasteiger partial charge >= 0.3 is 0 Å². The minimum Gasteiger partial charge on any atom is -0.369 e. The van der Waals surface area contributed by atoms with Gasteiger partial charge in [-0.3, -0.25) is 4.68 Å². The summed E-state index contributed by atoms with van der Waals surface area (Å²) in [6.45, 7) is 3.54. The second kappa shape index (κ2) is 5.82. The maximum Gasteiger partial charge on any atom is 0.144 e. The third-order valence-corrected chi connectivity index (χ3v) is 2.57. The number of hydrogen-bond acceptors (Lipinski definition) is 4. The molecule has 2 heterocycles. The lowest BCUT2D eigenvalue weighted by atomic mass is 10.2. The van der Waals surface area contributed by atoms with Crippen LogP contribution in [-0.4, -0.2) is 21.3 Å². The van der Waals surface area contributed by atoms with E-state index in [-0.39, 0.29) is 0 Å². The molecule has 5 heteroatoms. The highest BCUT2D eigenvalue weighted by Gasteiger charge is 2.02. The number of nitrogens with one attached hydrogen (secondary N) is 1. The zero-order chi connectivity index (χ0) is 12.8. The lowest BCUT2D eigenvalue weighted by molar-refractivity contribution is 0.591. The Hall–Kier alpha value is -2.35. The van der Waals surface area contributed by atoms with E-state index in [1.54, 1.807) is 12.3 Å². The fourth-order valence-corrected chi connectivity index (χ4v) is 1.66. The second-order valence-electron chi connectivity index (χ2n) is 4.01. The number of rotatable bonds is 5. The van der Waals surface area contributed by atoms with Gasteiger partial charge in [0.1, 0.15) is 11.9 Å². The number of nitrogens with zero attached hydrogens (tertiary/aromatic N) is 4. The minimum atomic E-state index is 0.583. The largest absolute Gasteiger partial charge is 0.369 e. The Balaban J connectivity index is 1.86. The van der Waals surface area contributed by atoms with E-state index in [1.807, 2.05) is 29.9 Å². The smallest absolute Gasteiger partial charge is 0.144 e. The predicted molar refractivity (Wildman–Crippen MR) is 69.0 cm³/mol. The molecule has 0 saturated heterocycles. The van der Waals surface area contributed by atoms with E-state index in [0.717, 1.165) is 25.2 Å². The van der Waals surface area contributed by atoms with Crippen molar-refractivity contribution in [2.24, 2.45) is 0 Å². The van der Waals surface area contributed by atoms with E-state index in [1.165, 1.54) is 0 Å². The van der Waals surface area contributed by atoms with Crippen molar-refractivity contribution < 1.29 is 0 Å². The van der Waals surface area contributed by atoms with E-state index in [0.29, 0.717) is 11.4 Å². The van der Waals surface area contributed by atoms with Crippen molar-refractivity contribution in [3.05, 3.63) is 41.9 Å². The summed E-state index contributed by atoms with van der Waals surface area (Å²) in [5.74, 6) is 0.665. The molecule has 0 atom stereocenters. The van der Waals surface area contributed by atoms with E-state index >= 15 is 0 Å². The molecule has 0 radical (unpaired) electrons. The zero-order valence-corrected chi connectivity index (χ0v) is 10.3. The molecule has 0 aromatic carbocycles. The highest BCUT2D eigenvalue weighted by Crippen LogP contribution is 2.11. The van der Waals surface area contributed by atoms with Crippen molar-refractivity contribution in [2.75, 3.05) is 11.9 Å². The van der Waals surface area contributed by atoms with Crippen molar-refractivity contribution in [3.8, 4) is 6.07 Å². The van der Waals surface area contributed by atoms with Crippen molar-refractivity contribution in [2.45, 2.75) is 19.9 Å². The van der Waals surface area contributed by atoms with Crippen LogP contribution in [0.1, 0.15) is 17.7 Å². The van der Waals surface area contributed by atoms with Gasteiger partial charge in [0.25, 0.3) is 0 Å². The molecule has 0 fully saturated rings. The van der Waals surface area contributed by atoms with Crippen LogP contribution < -0.4 is 5.32 Å². The van der Waals surface area contributed by atoms with Crippen LogP contribution in [0.3, 0.4) is 0 Å². The van der Waals surface area contributed by atoms with Gasteiger partial charge in [0, 0.05) is 31.2 Å². The molecule has 0 saturated carbocycles. The first-order valence-corrected chi connectivity index (χ1v) is 5.88. The molecule has 5 nitrogen and oxygen atoms in total. The number of hydrogen-bond donors (Lipinski definition) is 1. The Morgan fingerprint density at radius 3 is 3.06 bits per heavy atom. The molecule has 0 aliphatic carbocycles. The first kappa shape index (κ1) is 12.1. The SMILES string of the molecule is Cc1ccc(C#N)c(NCCCn2cccn2)n1. The molecule has 1 N–H and O–H groups in total. The van der Waals surface area contributed by atoms with E-state index < -0.39 is 0 Å². The van der Waals surface area contributed by atoms with Crippen LogP contribution >= 0.6 is 0 Å². The van der Waals surface area contributed by atoms with E-state index in [9.17, 15) is 0 Å². The number of nitriles is 1. The van der Waals surface area contributed by atoms with Gasteiger partial charge in [-0.2, -0.15) is 10.4 Å². The summed E-state index contributed by atoms with van der Waals surface area (Å²) in [5, 5.41) is 16.3. The molecule has 2 aromatic rings. The van der Waals surface area contributed by atoms with Crippen LogP contribution in [0.25, 0.3) is 0 Å². The summed E-state index contributed by atoms with van der Waals surface area (Å²) in [5.41, 5.74) is 1.49. The monoisotopic (exact) mass is 241 g/mol. The van der Waals surface area contributed by atoms with Gasteiger partial charge in [0.2, 0.25) is 0 Å².